The van der Waals surface area contributed by atoms with Gasteiger partial charge in [-0.05, 0) is 45.8 Å². The van der Waals surface area contributed by atoms with Crippen molar-refractivity contribution in [3.05, 3.63) is 0 Å². The van der Waals surface area contributed by atoms with Gasteiger partial charge in [-0.15, -0.1) is 0 Å². The topological polar surface area (TPSA) is 36.0 Å². The molecule has 128 valence electrons. The predicted molar refractivity (Wildman–Crippen MR) is 89.0 cm³/mol. The van der Waals surface area contributed by atoms with Crippen LogP contribution in [-0.2, 0) is 9.53 Å². The van der Waals surface area contributed by atoms with Gasteiger partial charge in [0.2, 0.25) is 5.91 Å². The summed E-state index contributed by atoms with van der Waals surface area (Å²) in [4.78, 5) is 19.7. The van der Waals surface area contributed by atoms with Crippen LogP contribution >= 0.6 is 0 Å². The van der Waals surface area contributed by atoms with Crippen LogP contribution in [-0.4, -0.2) is 86.2 Å². The Labute approximate surface area is 135 Å². The first-order valence-electron chi connectivity index (χ1n) is 8.96. The molecule has 0 aromatic heterocycles. The van der Waals surface area contributed by atoms with E-state index in [9.17, 15) is 4.79 Å². The maximum atomic E-state index is 12.8. The lowest BCUT2D eigenvalue weighted by Crippen LogP contribution is -2.48. The molecule has 2 aliphatic rings. The zero-order valence-electron chi connectivity index (χ0n) is 14.4. The number of hydrogen-bond acceptors (Lipinski definition) is 4. The number of nitrogens with zero attached hydrogens (tertiary/aromatic N) is 3. The Hall–Kier alpha value is -0.650. The second-order valence-electron chi connectivity index (χ2n) is 6.64. The first-order valence-corrected chi connectivity index (χ1v) is 8.96. The summed E-state index contributed by atoms with van der Waals surface area (Å²) in [6.45, 7) is 9.83. The van der Waals surface area contributed by atoms with Gasteiger partial charge in [-0.25, -0.2) is 0 Å². The third-order valence-corrected chi connectivity index (χ3v) is 5.06. The first-order chi connectivity index (χ1) is 10.7. The number of carbonyl (C=O) groups is 1. The van der Waals surface area contributed by atoms with Crippen molar-refractivity contribution in [3.63, 3.8) is 0 Å². The summed E-state index contributed by atoms with van der Waals surface area (Å²) in [7, 11) is 1.75. The number of hydrogen-bond donors (Lipinski definition) is 0. The summed E-state index contributed by atoms with van der Waals surface area (Å²) in [5.41, 5.74) is 0. The smallest absolute Gasteiger partial charge is 0.239 e. The fourth-order valence-electron chi connectivity index (χ4n) is 3.54. The SMILES string of the molecule is COCCN1CCCN(C(=O)[C@H](C)N2CCCCCC2)CC1. The number of rotatable bonds is 5. The van der Waals surface area contributed by atoms with E-state index in [-0.39, 0.29) is 6.04 Å². The van der Waals surface area contributed by atoms with Crippen molar-refractivity contribution in [3.8, 4) is 0 Å². The molecule has 0 aromatic carbocycles. The van der Waals surface area contributed by atoms with Crippen LogP contribution in [0, 0.1) is 0 Å². The average molecular weight is 311 g/mol. The minimum absolute atomic E-state index is 0.0450. The van der Waals surface area contributed by atoms with E-state index in [1.807, 2.05) is 0 Å². The van der Waals surface area contributed by atoms with Crippen LogP contribution in [0.15, 0.2) is 0 Å². The third-order valence-electron chi connectivity index (χ3n) is 5.06. The highest BCUT2D eigenvalue weighted by Crippen LogP contribution is 2.15. The minimum atomic E-state index is 0.0450. The molecule has 22 heavy (non-hydrogen) atoms. The van der Waals surface area contributed by atoms with Gasteiger partial charge < -0.3 is 9.64 Å². The lowest BCUT2D eigenvalue weighted by molar-refractivity contribution is -0.136. The van der Waals surface area contributed by atoms with Crippen LogP contribution in [0.3, 0.4) is 0 Å². The zero-order valence-corrected chi connectivity index (χ0v) is 14.4. The van der Waals surface area contributed by atoms with Crippen molar-refractivity contribution < 1.29 is 9.53 Å². The zero-order chi connectivity index (χ0) is 15.8. The van der Waals surface area contributed by atoms with Crippen molar-refractivity contribution in [1.29, 1.82) is 0 Å². The maximum Gasteiger partial charge on any atom is 0.239 e. The standard InChI is InChI=1S/C17H33N3O2/c1-16(19-9-5-3-4-6-10-19)17(21)20-11-7-8-18(12-13-20)14-15-22-2/h16H,3-15H2,1-2H3/t16-/m0/s1. The fourth-order valence-corrected chi connectivity index (χ4v) is 3.54. The monoisotopic (exact) mass is 311 g/mol. The van der Waals surface area contributed by atoms with E-state index in [1.165, 1.54) is 25.7 Å². The molecule has 2 rings (SSSR count). The lowest BCUT2D eigenvalue weighted by atomic mass is 10.2. The fraction of sp³-hybridized carbons (Fsp3) is 0.941. The molecular formula is C17H33N3O2. The molecule has 0 spiro atoms. The van der Waals surface area contributed by atoms with E-state index in [1.54, 1.807) is 7.11 Å². The second-order valence-corrected chi connectivity index (χ2v) is 6.64. The van der Waals surface area contributed by atoms with Crippen LogP contribution in [0.5, 0.6) is 0 Å². The summed E-state index contributed by atoms with van der Waals surface area (Å²) in [5.74, 6) is 0.329. The number of ether oxygens (including phenoxy) is 1. The third kappa shape index (κ3) is 5.21. The first kappa shape index (κ1) is 17.7. The van der Waals surface area contributed by atoms with Crippen molar-refractivity contribution in [1.82, 2.24) is 14.7 Å². The molecule has 0 aromatic rings. The van der Waals surface area contributed by atoms with Crippen molar-refractivity contribution in [2.75, 3.05) is 59.5 Å². The molecule has 2 fully saturated rings. The van der Waals surface area contributed by atoms with E-state index in [4.69, 9.17) is 4.74 Å². The van der Waals surface area contributed by atoms with Gasteiger partial charge >= 0.3 is 0 Å². The van der Waals surface area contributed by atoms with Crippen LogP contribution in [0.1, 0.15) is 39.0 Å². The van der Waals surface area contributed by atoms with E-state index in [0.717, 1.165) is 58.8 Å². The van der Waals surface area contributed by atoms with Gasteiger partial charge in [0.25, 0.3) is 0 Å². The second kappa shape index (κ2) is 9.48. The van der Waals surface area contributed by atoms with E-state index < -0.39 is 0 Å². The van der Waals surface area contributed by atoms with Crippen molar-refractivity contribution in [2.45, 2.75) is 45.1 Å². The summed E-state index contributed by atoms with van der Waals surface area (Å²) in [6.07, 6.45) is 6.18. The highest BCUT2D eigenvalue weighted by atomic mass is 16.5. The Kier molecular flexibility index (Phi) is 7.63. The Bertz CT molecular complexity index is 330. The van der Waals surface area contributed by atoms with Gasteiger partial charge in [0.1, 0.15) is 0 Å². The Morgan fingerprint density at radius 1 is 0.955 bits per heavy atom. The number of amides is 1. The molecule has 5 heteroatoms. The molecule has 2 aliphatic heterocycles. The molecule has 0 unspecified atom stereocenters. The molecule has 2 saturated heterocycles. The molecule has 0 aliphatic carbocycles. The van der Waals surface area contributed by atoms with Crippen LogP contribution in [0.25, 0.3) is 0 Å². The largest absolute Gasteiger partial charge is 0.383 e. The lowest BCUT2D eigenvalue weighted by Gasteiger charge is -2.31. The molecule has 1 amide bonds. The highest BCUT2D eigenvalue weighted by molar-refractivity contribution is 5.81. The van der Waals surface area contributed by atoms with Gasteiger partial charge in [-0.1, -0.05) is 12.8 Å². The molecule has 1 atom stereocenters. The quantitative estimate of drug-likeness (QED) is 0.770. The summed E-state index contributed by atoms with van der Waals surface area (Å²) >= 11 is 0. The normalized spacial score (nSPS) is 23.8. The van der Waals surface area contributed by atoms with Crippen LogP contribution in [0.2, 0.25) is 0 Å². The number of carbonyl (C=O) groups excluding carboxylic acids is 1. The molecule has 0 saturated carbocycles. The summed E-state index contributed by atoms with van der Waals surface area (Å²) in [5, 5.41) is 0. The predicted octanol–water partition coefficient (Wildman–Crippen LogP) is 1.43. The van der Waals surface area contributed by atoms with Gasteiger partial charge in [0.15, 0.2) is 0 Å². The molecule has 5 nitrogen and oxygen atoms in total. The Morgan fingerprint density at radius 2 is 1.68 bits per heavy atom. The Morgan fingerprint density at radius 3 is 2.36 bits per heavy atom. The molecule has 0 bridgehead atoms. The maximum absolute atomic E-state index is 12.8. The van der Waals surface area contributed by atoms with Crippen LogP contribution in [0.4, 0.5) is 0 Å². The Balaban J connectivity index is 1.83. The van der Waals surface area contributed by atoms with E-state index in [0.29, 0.717) is 5.91 Å². The molecule has 2 heterocycles. The number of methoxy groups -OCH3 is 1. The van der Waals surface area contributed by atoms with Crippen molar-refractivity contribution >= 4 is 5.91 Å². The average Bonchev–Trinajstić information content (AvgIpc) is 2.94. The van der Waals surface area contributed by atoms with Crippen molar-refractivity contribution in [2.24, 2.45) is 0 Å². The van der Waals surface area contributed by atoms with Crippen LogP contribution < -0.4 is 0 Å². The highest BCUT2D eigenvalue weighted by Gasteiger charge is 2.27. The van der Waals surface area contributed by atoms with E-state index >= 15 is 0 Å². The molecule has 0 N–H and O–H groups in total. The van der Waals surface area contributed by atoms with Gasteiger partial charge in [0, 0.05) is 33.3 Å². The minimum Gasteiger partial charge on any atom is -0.383 e. The summed E-state index contributed by atoms with van der Waals surface area (Å²) in [6, 6.07) is 0.0450. The van der Waals surface area contributed by atoms with Gasteiger partial charge in [-0.2, -0.15) is 0 Å². The van der Waals surface area contributed by atoms with Gasteiger partial charge in [-0.3, -0.25) is 14.6 Å². The van der Waals surface area contributed by atoms with E-state index in [2.05, 4.69) is 21.6 Å². The number of likely N-dealkylation sites (tertiary alicyclic amines) is 1. The molecule has 0 radical (unpaired) electrons. The summed E-state index contributed by atoms with van der Waals surface area (Å²) < 4.78 is 5.16. The van der Waals surface area contributed by atoms with Gasteiger partial charge in [0.05, 0.1) is 12.6 Å². The molecular weight excluding hydrogens is 278 g/mol.